The van der Waals surface area contributed by atoms with Gasteiger partial charge >= 0.3 is 0 Å². The molecule has 0 aliphatic heterocycles. The van der Waals surface area contributed by atoms with Crippen LogP contribution in [0, 0.1) is 5.92 Å². The lowest BCUT2D eigenvalue weighted by atomic mass is 9.78. The Hall–Kier alpha value is -2.19. The van der Waals surface area contributed by atoms with E-state index in [1.165, 1.54) is 19.7 Å². The molecule has 0 radical (unpaired) electrons. The highest BCUT2D eigenvalue weighted by molar-refractivity contribution is 7.90. The molecule has 0 spiro atoms. The van der Waals surface area contributed by atoms with Gasteiger partial charge in [-0.05, 0) is 37.8 Å². The minimum absolute atomic E-state index is 0.169. The number of hydrogen-bond acceptors (Lipinski definition) is 6. The number of amides is 1. The van der Waals surface area contributed by atoms with Crippen LogP contribution in [0.2, 0.25) is 0 Å². The molecule has 2 fully saturated rings. The van der Waals surface area contributed by atoms with Gasteiger partial charge in [-0.15, -0.1) is 0 Å². The zero-order chi connectivity index (χ0) is 22.9. The first-order valence-electron chi connectivity index (χ1n) is 11.5. The Morgan fingerprint density at radius 3 is 2.28 bits per heavy atom. The van der Waals surface area contributed by atoms with Gasteiger partial charge in [-0.2, -0.15) is 0 Å². The lowest BCUT2D eigenvalue weighted by Gasteiger charge is -2.29. The van der Waals surface area contributed by atoms with E-state index in [-0.39, 0.29) is 28.6 Å². The van der Waals surface area contributed by atoms with Crippen molar-refractivity contribution in [2.24, 2.45) is 5.92 Å². The van der Waals surface area contributed by atoms with E-state index in [1.807, 2.05) is 0 Å². The number of rotatable bonds is 5. The number of carbonyl (C=O) groups excluding carboxylic acids is 1. The Kier molecular flexibility index (Phi) is 6.72. The fourth-order valence-electron chi connectivity index (χ4n) is 5.18. The zero-order valence-corrected chi connectivity index (χ0v) is 19.6. The van der Waals surface area contributed by atoms with Crippen molar-refractivity contribution in [1.29, 1.82) is 0 Å². The van der Waals surface area contributed by atoms with Crippen molar-refractivity contribution in [2.75, 3.05) is 13.3 Å². The summed E-state index contributed by atoms with van der Waals surface area (Å²) in [5, 5.41) is 10.4. The van der Waals surface area contributed by atoms with Crippen LogP contribution in [0.4, 0.5) is 0 Å². The van der Waals surface area contributed by atoms with Crippen molar-refractivity contribution >= 4 is 15.7 Å². The number of hydroxylamine groups is 2. The summed E-state index contributed by atoms with van der Waals surface area (Å²) in [5.41, 5.74) is 1.58. The Labute approximate surface area is 189 Å². The molecule has 2 unspecified atom stereocenters. The summed E-state index contributed by atoms with van der Waals surface area (Å²) in [7, 11) is -1.91. The van der Waals surface area contributed by atoms with E-state index in [4.69, 9.17) is 9.40 Å². The van der Waals surface area contributed by atoms with Crippen LogP contribution in [0.15, 0.2) is 33.6 Å². The second-order valence-corrected chi connectivity index (χ2v) is 11.3. The highest BCUT2D eigenvalue weighted by Crippen LogP contribution is 2.44. The van der Waals surface area contributed by atoms with E-state index in [1.54, 1.807) is 24.3 Å². The monoisotopic (exact) mass is 460 g/mol. The van der Waals surface area contributed by atoms with E-state index < -0.39 is 9.84 Å². The average molecular weight is 461 g/mol. The first kappa shape index (κ1) is 23.0. The lowest BCUT2D eigenvalue weighted by Crippen LogP contribution is -2.35. The molecule has 2 atom stereocenters. The molecule has 8 heteroatoms. The number of hydrogen-bond donors (Lipinski definition) is 1. The molecule has 2 saturated carbocycles. The third-order valence-corrected chi connectivity index (χ3v) is 8.05. The minimum atomic E-state index is -3.28. The van der Waals surface area contributed by atoms with Crippen LogP contribution in [-0.4, -0.2) is 42.9 Å². The van der Waals surface area contributed by atoms with Gasteiger partial charge in [0.15, 0.2) is 15.7 Å². The van der Waals surface area contributed by atoms with Crippen molar-refractivity contribution < 1.29 is 22.8 Å². The molecule has 0 saturated heterocycles. The Balaban J connectivity index is 1.75. The maximum absolute atomic E-state index is 12.6. The standard InChI is InChI=1S/C24H32N2O5S/c1-26(28)24(27)20-11-7-6-10-19(20)23-25-21(22(31-23)17-8-4-3-5-9-17)16-12-14-18(15-13-16)32(2,29)30/h12-15,17,19-20,28H,3-11H2,1-2H3. The van der Waals surface area contributed by atoms with Gasteiger partial charge in [0.05, 0.1) is 10.8 Å². The number of aromatic nitrogens is 1. The third-order valence-electron chi connectivity index (χ3n) is 6.92. The number of carbonyl (C=O) groups is 1. The highest BCUT2D eigenvalue weighted by Gasteiger charge is 2.38. The van der Waals surface area contributed by atoms with Gasteiger partial charge in [0, 0.05) is 30.7 Å². The first-order chi connectivity index (χ1) is 15.3. The molecule has 0 bridgehead atoms. The predicted octanol–water partition coefficient (Wildman–Crippen LogP) is 4.91. The quantitative estimate of drug-likeness (QED) is 0.502. The largest absolute Gasteiger partial charge is 0.444 e. The summed E-state index contributed by atoms with van der Waals surface area (Å²) in [6, 6.07) is 6.79. The summed E-state index contributed by atoms with van der Waals surface area (Å²) in [6.07, 6.45) is 10.2. The lowest BCUT2D eigenvalue weighted by molar-refractivity contribution is -0.166. The predicted molar refractivity (Wildman–Crippen MR) is 120 cm³/mol. The van der Waals surface area contributed by atoms with E-state index >= 15 is 0 Å². The van der Waals surface area contributed by atoms with Gasteiger partial charge in [0.2, 0.25) is 5.91 Å². The van der Waals surface area contributed by atoms with Crippen LogP contribution in [0.1, 0.15) is 81.3 Å². The molecule has 2 aliphatic rings. The van der Waals surface area contributed by atoms with Crippen LogP contribution >= 0.6 is 0 Å². The molecule has 1 heterocycles. The maximum atomic E-state index is 12.6. The molecule has 4 rings (SSSR count). The third kappa shape index (κ3) is 4.76. The van der Waals surface area contributed by atoms with Crippen molar-refractivity contribution in [3.8, 4) is 11.3 Å². The van der Waals surface area contributed by atoms with Crippen molar-refractivity contribution in [1.82, 2.24) is 10.0 Å². The summed E-state index contributed by atoms with van der Waals surface area (Å²) in [4.78, 5) is 17.8. The van der Waals surface area contributed by atoms with Crippen LogP contribution in [0.3, 0.4) is 0 Å². The SMILES string of the molecule is CN(O)C(=O)C1CCCCC1c1nc(-c2ccc(S(C)(=O)=O)cc2)c(C2CCCCC2)o1. The minimum Gasteiger partial charge on any atom is -0.444 e. The van der Waals surface area contributed by atoms with Gasteiger partial charge in [0.25, 0.3) is 0 Å². The van der Waals surface area contributed by atoms with Crippen LogP contribution in [0.25, 0.3) is 11.3 Å². The second kappa shape index (κ2) is 9.35. The second-order valence-electron chi connectivity index (χ2n) is 9.26. The van der Waals surface area contributed by atoms with Gasteiger partial charge in [-0.1, -0.05) is 44.2 Å². The summed E-state index contributed by atoms with van der Waals surface area (Å²) >= 11 is 0. The summed E-state index contributed by atoms with van der Waals surface area (Å²) in [6.45, 7) is 0. The molecule has 7 nitrogen and oxygen atoms in total. The number of nitrogens with zero attached hydrogens (tertiary/aromatic N) is 2. The van der Waals surface area contributed by atoms with Gasteiger partial charge < -0.3 is 4.42 Å². The van der Waals surface area contributed by atoms with Crippen LogP contribution < -0.4 is 0 Å². The molecular weight excluding hydrogens is 428 g/mol. The number of sulfone groups is 1. The zero-order valence-electron chi connectivity index (χ0n) is 18.8. The topological polar surface area (TPSA) is 101 Å². The van der Waals surface area contributed by atoms with Crippen molar-refractivity contribution in [2.45, 2.75) is 74.5 Å². The Morgan fingerprint density at radius 2 is 1.66 bits per heavy atom. The van der Waals surface area contributed by atoms with Crippen molar-refractivity contribution in [3.05, 3.63) is 35.9 Å². The fourth-order valence-corrected chi connectivity index (χ4v) is 5.81. The smallest absolute Gasteiger partial charge is 0.249 e. The normalized spacial score (nSPS) is 22.6. The van der Waals surface area contributed by atoms with Gasteiger partial charge in [-0.25, -0.2) is 18.5 Å². The van der Waals surface area contributed by atoms with Crippen LogP contribution in [0.5, 0.6) is 0 Å². The molecule has 2 aliphatic carbocycles. The summed E-state index contributed by atoms with van der Waals surface area (Å²) < 4.78 is 30.2. The van der Waals surface area contributed by atoms with Crippen LogP contribution in [-0.2, 0) is 14.6 Å². The average Bonchev–Trinajstić information content (AvgIpc) is 3.24. The van der Waals surface area contributed by atoms with E-state index in [2.05, 4.69) is 0 Å². The molecule has 2 aromatic rings. The molecule has 32 heavy (non-hydrogen) atoms. The van der Waals surface area contributed by atoms with Gasteiger partial charge in [-0.3, -0.25) is 10.0 Å². The maximum Gasteiger partial charge on any atom is 0.249 e. The van der Waals surface area contributed by atoms with Gasteiger partial charge in [0.1, 0.15) is 11.5 Å². The Bertz CT molecular complexity index is 1050. The van der Waals surface area contributed by atoms with E-state index in [9.17, 15) is 18.4 Å². The van der Waals surface area contributed by atoms with E-state index in [0.29, 0.717) is 17.4 Å². The fraction of sp³-hybridized carbons (Fsp3) is 0.583. The number of benzene rings is 1. The molecular formula is C24H32N2O5S. The van der Waals surface area contributed by atoms with E-state index in [0.717, 1.165) is 62.0 Å². The Morgan fingerprint density at radius 1 is 1.03 bits per heavy atom. The molecule has 1 aromatic heterocycles. The summed E-state index contributed by atoms with van der Waals surface area (Å²) in [5.74, 6) is 0.863. The molecule has 1 N–H and O–H groups in total. The molecule has 174 valence electrons. The molecule has 1 amide bonds. The van der Waals surface area contributed by atoms with Crippen molar-refractivity contribution in [3.63, 3.8) is 0 Å². The number of oxazole rings is 1. The highest BCUT2D eigenvalue weighted by atomic mass is 32.2. The first-order valence-corrected chi connectivity index (χ1v) is 13.4. The molecule has 1 aromatic carbocycles.